The van der Waals surface area contributed by atoms with Crippen molar-refractivity contribution in [2.75, 3.05) is 0 Å². The molecule has 0 aliphatic rings. The maximum atomic E-state index is 10.0. The molecule has 5 heteroatoms. The molecular weight excluding hydrogens is 145 g/mol. The summed E-state index contributed by atoms with van der Waals surface area (Å²) in [6.45, 7) is 0. The molecule has 1 aromatic rings. The lowest BCUT2D eigenvalue weighted by Crippen LogP contribution is -2.55. The van der Waals surface area contributed by atoms with Crippen molar-refractivity contribution in [3.8, 4) is 0 Å². The molecule has 56 valence electrons. The van der Waals surface area contributed by atoms with Gasteiger partial charge in [0.15, 0.2) is 0 Å². The van der Waals surface area contributed by atoms with E-state index in [1.165, 1.54) is 24.3 Å². The fourth-order valence-electron chi connectivity index (χ4n) is 0.723. The van der Waals surface area contributed by atoms with Crippen LogP contribution in [-0.4, -0.2) is 17.2 Å². The number of rotatable bonds is 2. The first-order chi connectivity index (χ1) is 5.24. The van der Waals surface area contributed by atoms with Crippen LogP contribution < -0.4 is 10.6 Å². The fraction of sp³-hybridized carbons (Fsp3) is 0. The number of nitroso groups, excluding NO2 is 1. The van der Waals surface area contributed by atoms with Crippen LogP contribution in [0.1, 0.15) is 0 Å². The predicted octanol–water partition coefficient (Wildman–Crippen LogP) is -2.16. The third kappa shape index (κ3) is 1.86. The molecule has 0 amide bonds. The van der Waals surface area contributed by atoms with E-state index in [1.54, 1.807) is 5.18 Å². The van der Waals surface area contributed by atoms with E-state index in [0.717, 1.165) is 0 Å². The van der Waals surface area contributed by atoms with E-state index < -0.39 is 7.12 Å². The molecule has 3 N–H and O–H groups in total. The third-order valence-corrected chi connectivity index (χ3v) is 1.33. The summed E-state index contributed by atoms with van der Waals surface area (Å²) in [7, 11) is -1.48. The van der Waals surface area contributed by atoms with Crippen LogP contribution in [0.2, 0.25) is 0 Å². The molecule has 0 heterocycles. The van der Waals surface area contributed by atoms with Crippen molar-refractivity contribution >= 4 is 18.3 Å². The molecule has 0 radical (unpaired) electrons. The van der Waals surface area contributed by atoms with E-state index in [2.05, 4.69) is 0 Å². The van der Waals surface area contributed by atoms with Crippen molar-refractivity contribution < 1.29 is 15.2 Å². The quantitative estimate of drug-likeness (QED) is 0.423. The van der Waals surface area contributed by atoms with Crippen molar-refractivity contribution in [3.05, 3.63) is 29.2 Å². The van der Waals surface area contributed by atoms with Crippen LogP contribution in [0.4, 0.5) is 5.69 Å². The average molecular weight is 152 g/mol. The minimum Gasteiger partial charge on any atom is -0.423 e. The van der Waals surface area contributed by atoms with Gasteiger partial charge in [0.25, 0.3) is 5.69 Å². The number of hydrogen-bond acceptors (Lipinski definition) is 3. The van der Waals surface area contributed by atoms with Gasteiger partial charge < -0.3 is 10.0 Å². The second-order valence-corrected chi connectivity index (χ2v) is 2.10. The average Bonchev–Trinajstić information content (AvgIpc) is 2.05. The van der Waals surface area contributed by atoms with Crippen LogP contribution in [0.3, 0.4) is 0 Å². The van der Waals surface area contributed by atoms with Gasteiger partial charge in [-0.1, -0.05) is 12.1 Å². The summed E-state index contributed by atoms with van der Waals surface area (Å²) in [5.41, 5.74) is 0.762. The Balaban J connectivity index is 2.91. The van der Waals surface area contributed by atoms with Crippen LogP contribution in [-0.2, 0) is 0 Å². The predicted molar refractivity (Wildman–Crippen MR) is 40.3 cm³/mol. The van der Waals surface area contributed by atoms with Gasteiger partial charge in [-0.05, 0) is 5.46 Å². The highest BCUT2D eigenvalue weighted by Gasteiger charge is 2.10. The van der Waals surface area contributed by atoms with Crippen LogP contribution >= 0.6 is 0 Å². The zero-order valence-electron chi connectivity index (χ0n) is 5.69. The summed E-state index contributed by atoms with van der Waals surface area (Å²) in [5.74, 6) is 0. The Morgan fingerprint density at radius 3 is 2.09 bits per heavy atom. The maximum Gasteiger partial charge on any atom is 0.488 e. The minimum atomic E-state index is -1.48. The molecule has 11 heavy (non-hydrogen) atoms. The molecular formula is C6H7BNO3+. The SMILES string of the molecule is O=[NH+]c1ccc(B(O)O)cc1. The summed E-state index contributed by atoms with van der Waals surface area (Å²) in [5, 5.41) is 19.0. The van der Waals surface area contributed by atoms with E-state index >= 15 is 0 Å². The Labute approximate surface area is 63.6 Å². The zero-order chi connectivity index (χ0) is 8.27. The first kappa shape index (κ1) is 7.91. The Hall–Kier alpha value is -1.20. The zero-order valence-corrected chi connectivity index (χ0v) is 5.69. The fourth-order valence-corrected chi connectivity index (χ4v) is 0.723. The highest BCUT2D eigenvalue weighted by atomic mass is 16.4. The van der Waals surface area contributed by atoms with E-state index in [-0.39, 0.29) is 0 Å². The van der Waals surface area contributed by atoms with Crippen molar-refractivity contribution in [1.29, 1.82) is 0 Å². The normalized spacial score (nSPS) is 9.27. The van der Waals surface area contributed by atoms with Crippen molar-refractivity contribution in [2.45, 2.75) is 0 Å². The Bertz CT molecular complexity index is 247. The topological polar surface area (TPSA) is 71.5 Å². The summed E-state index contributed by atoms with van der Waals surface area (Å²) in [6, 6.07) is 5.87. The van der Waals surface area contributed by atoms with Gasteiger partial charge in [-0.3, -0.25) is 0 Å². The summed E-state index contributed by atoms with van der Waals surface area (Å²) < 4.78 is 0. The maximum absolute atomic E-state index is 10.0. The monoisotopic (exact) mass is 152 g/mol. The molecule has 0 unspecified atom stereocenters. The molecule has 1 aromatic carbocycles. The van der Waals surface area contributed by atoms with Crippen LogP contribution in [0.15, 0.2) is 24.3 Å². The number of hydrogen-bond donors (Lipinski definition) is 3. The minimum absolute atomic E-state index is 0.365. The van der Waals surface area contributed by atoms with Gasteiger partial charge in [0.1, 0.15) is 0 Å². The molecule has 0 bridgehead atoms. The smallest absolute Gasteiger partial charge is 0.423 e. The van der Waals surface area contributed by atoms with Crippen LogP contribution in [0.5, 0.6) is 0 Å². The molecule has 0 spiro atoms. The van der Waals surface area contributed by atoms with Gasteiger partial charge in [0.05, 0.1) is 0 Å². The highest BCUT2D eigenvalue weighted by Crippen LogP contribution is 1.94. The highest BCUT2D eigenvalue weighted by molar-refractivity contribution is 6.58. The Morgan fingerprint density at radius 1 is 1.18 bits per heavy atom. The molecule has 4 nitrogen and oxygen atoms in total. The van der Waals surface area contributed by atoms with E-state index in [0.29, 0.717) is 11.2 Å². The van der Waals surface area contributed by atoms with Crippen molar-refractivity contribution in [2.24, 2.45) is 0 Å². The Kier molecular flexibility index (Phi) is 2.35. The van der Waals surface area contributed by atoms with Gasteiger partial charge in [-0.15, -0.1) is 0 Å². The number of nitrogens with one attached hydrogen (secondary N) is 1. The van der Waals surface area contributed by atoms with Gasteiger partial charge in [-0.2, -0.15) is 0 Å². The van der Waals surface area contributed by atoms with Gasteiger partial charge in [0, 0.05) is 22.2 Å². The largest absolute Gasteiger partial charge is 0.488 e. The molecule has 0 aliphatic heterocycles. The van der Waals surface area contributed by atoms with E-state index in [4.69, 9.17) is 10.0 Å². The molecule has 0 atom stereocenters. The van der Waals surface area contributed by atoms with Crippen molar-refractivity contribution in [1.82, 2.24) is 0 Å². The lowest BCUT2D eigenvalue weighted by molar-refractivity contribution is -0.379. The second-order valence-electron chi connectivity index (χ2n) is 2.10. The summed E-state index contributed by atoms with van der Waals surface area (Å²) in [6.07, 6.45) is 0. The van der Waals surface area contributed by atoms with E-state index in [1.807, 2.05) is 0 Å². The first-order valence-corrected chi connectivity index (χ1v) is 3.08. The van der Waals surface area contributed by atoms with Gasteiger partial charge in [0.2, 0.25) is 0 Å². The second kappa shape index (κ2) is 3.27. The number of benzene rings is 1. The van der Waals surface area contributed by atoms with Crippen molar-refractivity contribution in [3.63, 3.8) is 0 Å². The van der Waals surface area contributed by atoms with Crippen LogP contribution in [0, 0.1) is 4.91 Å². The summed E-state index contributed by atoms with van der Waals surface area (Å²) >= 11 is 0. The molecule has 0 aromatic heterocycles. The lowest BCUT2D eigenvalue weighted by Gasteiger charge is -1.94. The standard InChI is InChI=1S/C6H6BNO3/c9-7(10)5-1-3-6(8-11)4-2-5/h1-4,9-10H/p+1. The van der Waals surface area contributed by atoms with E-state index in [9.17, 15) is 4.91 Å². The molecule has 0 aliphatic carbocycles. The Morgan fingerprint density at radius 2 is 1.73 bits per heavy atom. The molecule has 0 saturated carbocycles. The first-order valence-electron chi connectivity index (χ1n) is 3.08. The van der Waals surface area contributed by atoms with Gasteiger partial charge in [-0.25, -0.2) is 0 Å². The molecule has 0 fully saturated rings. The molecule has 0 saturated heterocycles. The van der Waals surface area contributed by atoms with Gasteiger partial charge >= 0.3 is 7.12 Å². The lowest BCUT2D eigenvalue weighted by atomic mass is 9.80. The molecule has 1 rings (SSSR count). The third-order valence-electron chi connectivity index (χ3n) is 1.33. The summed E-state index contributed by atoms with van der Waals surface area (Å²) in [4.78, 5) is 10.0. The van der Waals surface area contributed by atoms with Crippen LogP contribution in [0.25, 0.3) is 0 Å².